The molecule has 6 nitrogen and oxygen atoms in total. The molecule has 1 N–H and O–H groups in total. The van der Waals surface area contributed by atoms with Crippen molar-refractivity contribution in [3.63, 3.8) is 0 Å². The molecule has 0 radical (unpaired) electrons. The van der Waals surface area contributed by atoms with Gasteiger partial charge in [0.25, 0.3) is 0 Å². The normalized spacial score (nSPS) is 10.6. The minimum atomic E-state index is -0.907. The molecule has 2 aromatic rings. The van der Waals surface area contributed by atoms with Crippen LogP contribution in [-0.4, -0.2) is 34.8 Å². The van der Waals surface area contributed by atoms with E-state index in [1.54, 1.807) is 31.1 Å². The highest BCUT2D eigenvalue weighted by molar-refractivity contribution is 5.91. The molecular formula is C10H11N3O3. The Labute approximate surface area is 91.5 Å². The Balaban J connectivity index is 2.50. The van der Waals surface area contributed by atoms with Gasteiger partial charge in [-0.15, -0.1) is 0 Å². The number of fused-ring (bicyclic) bond motifs is 1. The molecule has 2 rings (SSSR count). The predicted molar refractivity (Wildman–Crippen MR) is 57.4 cm³/mol. The van der Waals surface area contributed by atoms with E-state index in [0.29, 0.717) is 17.1 Å². The molecule has 2 heterocycles. The van der Waals surface area contributed by atoms with Crippen LogP contribution >= 0.6 is 0 Å². The lowest BCUT2D eigenvalue weighted by Crippen LogP contribution is -2.26. The van der Waals surface area contributed by atoms with Crippen LogP contribution in [0.2, 0.25) is 0 Å². The van der Waals surface area contributed by atoms with Gasteiger partial charge in [0.15, 0.2) is 5.58 Å². The summed E-state index contributed by atoms with van der Waals surface area (Å²) < 4.78 is 5.08. The summed E-state index contributed by atoms with van der Waals surface area (Å²) in [6.07, 6.45) is 1.57. The molecular weight excluding hydrogens is 210 g/mol. The number of aromatic nitrogens is 2. The molecule has 0 aliphatic heterocycles. The number of aryl methyl sites for hydroxylation is 1. The first kappa shape index (κ1) is 10.4. The first-order valence-corrected chi connectivity index (χ1v) is 4.73. The van der Waals surface area contributed by atoms with Crippen LogP contribution in [0, 0.1) is 6.92 Å². The van der Waals surface area contributed by atoms with Gasteiger partial charge < -0.3 is 14.5 Å². The van der Waals surface area contributed by atoms with E-state index in [4.69, 9.17) is 9.63 Å². The van der Waals surface area contributed by atoms with Crippen molar-refractivity contribution in [1.29, 1.82) is 0 Å². The van der Waals surface area contributed by atoms with Crippen molar-refractivity contribution in [3.05, 3.63) is 18.0 Å². The fourth-order valence-electron chi connectivity index (χ4n) is 1.58. The van der Waals surface area contributed by atoms with Gasteiger partial charge in [-0.25, -0.2) is 4.98 Å². The molecule has 0 saturated carbocycles. The van der Waals surface area contributed by atoms with Crippen molar-refractivity contribution in [3.8, 4) is 0 Å². The second-order valence-electron chi connectivity index (χ2n) is 3.53. The van der Waals surface area contributed by atoms with Gasteiger partial charge in [-0.2, -0.15) is 0 Å². The number of carboxylic acids is 1. The third kappa shape index (κ3) is 1.69. The molecule has 0 aromatic carbocycles. The molecule has 0 spiro atoms. The predicted octanol–water partition coefficient (Wildman–Crippen LogP) is 1.05. The van der Waals surface area contributed by atoms with Crippen molar-refractivity contribution in [2.45, 2.75) is 6.92 Å². The Bertz CT molecular complexity index is 535. The zero-order chi connectivity index (χ0) is 11.7. The molecule has 0 saturated heterocycles. The van der Waals surface area contributed by atoms with Crippen LogP contribution in [0.5, 0.6) is 0 Å². The maximum Gasteiger partial charge on any atom is 0.323 e. The molecule has 0 aliphatic rings. The number of anilines is 1. The smallest absolute Gasteiger partial charge is 0.323 e. The first-order valence-electron chi connectivity index (χ1n) is 4.73. The molecule has 84 valence electrons. The minimum absolute atomic E-state index is 0.114. The van der Waals surface area contributed by atoms with E-state index in [2.05, 4.69) is 10.1 Å². The van der Waals surface area contributed by atoms with Gasteiger partial charge in [-0.3, -0.25) is 4.79 Å². The largest absolute Gasteiger partial charge is 0.480 e. The van der Waals surface area contributed by atoms with Crippen LogP contribution in [0.4, 0.5) is 5.82 Å². The Morgan fingerprint density at radius 3 is 3.06 bits per heavy atom. The van der Waals surface area contributed by atoms with Crippen molar-refractivity contribution in [2.24, 2.45) is 0 Å². The van der Waals surface area contributed by atoms with Gasteiger partial charge in [0, 0.05) is 19.3 Å². The molecule has 0 atom stereocenters. The van der Waals surface area contributed by atoms with E-state index in [0.717, 1.165) is 5.39 Å². The summed E-state index contributed by atoms with van der Waals surface area (Å²) in [5.74, 6) is -0.339. The lowest BCUT2D eigenvalue weighted by atomic mass is 10.2. The lowest BCUT2D eigenvalue weighted by molar-refractivity contribution is -0.135. The molecule has 0 fully saturated rings. The molecule has 0 aliphatic carbocycles. The summed E-state index contributed by atoms with van der Waals surface area (Å²) in [5, 5.41) is 13.3. The fourth-order valence-corrected chi connectivity index (χ4v) is 1.58. The van der Waals surface area contributed by atoms with Crippen LogP contribution in [0.25, 0.3) is 11.0 Å². The highest BCUT2D eigenvalue weighted by Crippen LogP contribution is 2.26. The number of hydrogen-bond donors (Lipinski definition) is 1. The molecule has 0 bridgehead atoms. The van der Waals surface area contributed by atoms with E-state index in [1.807, 2.05) is 0 Å². The summed E-state index contributed by atoms with van der Waals surface area (Å²) in [7, 11) is 1.67. The zero-order valence-electron chi connectivity index (χ0n) is 8.97. The number of aliphatic carboxylic acids is 1. The number of rotatable bonds is 3. The average Bonchev–Trinajstić information content (AvgIpc) is 2.59. The van der Waals surface area contributed by atoms with Crippen LogP contribution in [0.3, 0.4) is 0 Å². The van der Waals surface area contributed by atoms with Crippen LogP contribution < -0.4 is 4.90 Å². The summed E-state index contributed by atoms with van der Waals surface area (Å²) in [4.78, 5) is 16.3. The molecule has 16 heavy (non-hydrogen) atoms. The third-order valence-electron chi connectivity index (χ3n) is 2.27. The van der Waals surface area contributed by atoms with E-state index < -0.39 is 5.97 Å². The van der Waals surface area contributed by atoms with Gasteiger partial charge in [0.1, 0.15) is 12.4 Å². The van der Waals surface area contributed by atoms with Crippen molar-refractivity contribution in [2.75, 3.05) is 18.5 Å². The number of hydrogen-bond acceptors (Lipinski definition) is 5. The van der Waals surface area contributed by atoms with Gasteiger partial charge in [0.2, 0.25) is 0 Å². The highest BCUT2D eigenvalue weighted by atomic mass is 16.5. The van der Waals surface area contributed by atoms with Crippen LogP contribution in [0.15, 0.2) is 16.8 Å². The Morgan fingerprint density at radius 2 is 2.38 bits per heavy atom. The fraction of sp³-hybridized carbons (Fsp3) is 0.300. The second kappa shape index (κ2) is 3.80. The number of pyridine rings is 1. The van der Waals surface area contributed by atoms with Crippen molar-refractivity contribution >= 4 is 22.8 Å². The van der Waals surface area contributed by atoms with Gasteiger partial charge in [-0.05, 0) is 6.92 Å². The van der Waals surface area contributed by atoms with Gasteiger partial charge in [0.05, 0.1) is 11.1 Å². The Hall–Kier alpha value is -2.11. The summed E-state index contributed by atoms with van der Waals surface area (Å²) >= 11 is 0. The third-order valence-corrected chi connectivity index (χ3v) is 2.27. The topological polar surface area (TPSA) is 79.5 Å². The monoisotopic (exact) mass is 221 g/mol. The van der Waals surface area contributed by atoms with E-state index in [-0.39, 0.29) is 6.54 Å². The molecule has 0 unspecified atom stereocenters. The standard InChI is InChI=1S/C10H11N3O3/c1-6-9-7(16-12-6)3-4-11-10(9)13(2)5-8(14)15/h3-4H,5H2,1-2H3,(H,14,15). The second-order valence-corrected chi connectivity index (χ2v) is 3.53. The molecule has 2 aromatic heterocycles. The van der Waals surface area contributed by atoms with Gasteiger partial charge >= 0.3 is 5.97 Å². The SMILES string of the molecule is Cc1noc2ccnc(N(C)CC(=O)O)c12. The quantitative estimate of drug-likeness (QED) is 0.834. The maximum atomic E-state index is 10.6. The highest BCUT2D eigenvalue weighted by Gasteiger charge is 2.15. The van der Waals surface area contributed by atoms with Crippen LogP contribution in [0.1, 0.15) is 5.69 Å². The lowest BCUT2D eigenvalue weighted by Gasteiger charge is -2.15. The van der Waals surface area contributed by atoms with E-state index >= 15 is 0 Å². The van der Waals surface area contributed by atoms with Crippen molar-refractivity contribution in [1.82, 2.24) is 10.1 Å². The number of nitrogens with zero attached hydrogens (tertiary/aromatic N) is 3. The molecule has 0 amide bonds. The number of carboxylic acid groups (broad SMARTS) is 1. The van der Waals surface area contributed by atoms with E-state index in [1.165, 1.54) is 0 Å². The Kier molecular flexibility index (Phi) is 2.47. The maximum absolute atomic E-state index is 10.6. The van der Waals surface area contributed by atoms with Crippen molar-refractivity contribution < 1.29 is 14.4 Å². The average molecular weight is 221 g/mol. The first-order chi connectivity index (χ1) is 7.59. The molecule has 6 heteroatoms. The Morgan fingerprint density at radius 1 is 1.62 bits per heavy atom. The van der Waals surface area contributed by atoms with E-state index in [9.17, 15) is 4.79 Å². The summed E-state index contributed by atoms with van der Waals surface area (Å²) in [6.45, 7) is 1.68. The number of carbonyl (C=O) groups is 1. The zero-order valence-corrected chi connectivity index (χ0v) is 8.97. The van der Waals surface area contributed by atoms with Crippen LogP contribution in [-0.2, 0) is 4.79 Å². The summed E-state index contributed by atoms with van der Waals surface area (Å²) in [6, 6.07) is 1.70. The minimum Gasteiger partial charge on any atom is -0.480 e. The summed E-state index contributed by atoms with van der Waals surface area (Å²) in [5.41, 5.74) is 1.31. The van der Waals surface area contributed by atoms with Gasteiger partial charge in [-0.1, -0.05) is 5.16 Å². The number of likely N-dealkylation sites (N-methyl/N-ethyl adjacent to an activating group) is 1.